The molecule has 7 heteroatoms. The Morgan fingerprint density at radius 1 is 1.06 bits per heavy atom. The molecule has 0 radical (unpaired) electrons. The van der Waals surface area contributed by atoms with Gasteiger partial charge in [0.2, 0.25) is 5.91 Å². The van der Waals surface area contributed by atoms with Gasteiger partial charge in [-0.25, -0.2) is 5.01 Å². The Bertz CT molecular complexity index is 1100. The van der Waals surface area contributed by atoms with Crippen molar-refractivity contribution in [3.63, 3.8) is 0 Å². The summed E-state index contributed by atoms with van der Waals surface area (Å²) in [6, 6.07) is 14.3. The number of carbonyl (C=O) groups is 3. The topological polar surface area (TPSA) is 90.5 Å². The number of carbonyl (C=O) groups excluding carboxylic acids is 3. The number of hydrogen-bond acceptors (Lipinski definition) is 4. The van der Waals surface area contributed by atoms with Crippen LogP contribution in [0, 0.1) is 11.8 Å². The number of hydrazine groups is 1. The number of nitrogens with zero attached hydrogens (tertiary/aromatic N) is 1. The van der Waals surface area contributed by atoms with Crippen LogP contribution < -0.4 is 21.1 Å². The quantitative estimate of drug-likeness (QED) is 0.568. The van der Waals surface area contributed by atoms with Crippen molar-refractivity contribution in [2.24, 2.45) is 11.8 Å². The summed E-state index contributed by atoms with van der Waals surface area (Å²) in [4.78, 5) is 39.4. The molecule has 2 aromatic carbocycles. The van der Waals surface area contributed by atoms with Gasteiger partial charge in [0.1, 0.15) is 6.04 Å². The molecule has 0 spiro atoms. The van der Waals surface area contributed by atoms with E-state index in [1.54, 1.807) is 6.92 Å². The summed E-state index contributed by atoms with van der Waals surface area (Å²) in [6.07, 6.45) is 3.02. The van der Waals surface area contributed by atoms with E-state index in [9.17, 15) is 14.4 Å². The van der Waals surface area contributed by atoms with Gasteiger partial charge in [-0.1, -0.05) is 62.7 Å². The Morgan fingerprint density at radius 2 is 1.74 bits per heavy atom. The fourth-order valence-electron chi connectivity index (χ4n) is 4.96. The summed E-state index contributed by atoms with van der Waals surface area (Å²) >= 11 is 0. The van der Waals surface area contributed by atoms with Crippen LogP contribution in [0.4, 0.5) is 5.69 Å². The predicted molar refractivity (Wildman–Crippen MR) is 137 cm³/mol. The maximum Gasteiger partial charge on any atom is 0.261 e. The van der Waals surface area contributed by atoms with Gasteiger partial charge in [0.15, 0.2) is 0 Å². The van der Waals surface area contributed by atoms with E-state index >= 15 is 0 Å². The van der Waals surface area contributed by atoms with E-state index in [1.807, 2.05) is 55.5 Å². The van der Waals surface area contributed by atoms with Gasteiger partial charge < -0.3 is 10.6 Å². The second-order valence-electron chi connectivity index (χ2n) is 10.2. The molecule has 3 N–H and O–H groups in total. The molecular weight excluding hydrogens is 440 g/mol. The van der Waals surface area contributed by atoms with Crippen molar-refractivity contribution in [2.75, 3.05) is 11.6 Å². The minimum absolute atomic E-state index is 0.178. The third kappa shape index (κ3) is 5.40. The lowest BCUT2D eigenvalue weighted by Crippen LogP contribution is -2.55. The molecule has 7 nitrogen and oxygen atoms in total. The lowest BCUT2D eigenvalue weighted by molar-refractivity contribution is -0.130. The van der Waals surface area contributed by atoms with Crippen molar-refractivity contribution < 1.29 is 14.4 Å². The largest absolute Gasteiger partial charge is 0.343 e. The van der Waals surface area contributed by atoms with Crippen molar-refractivity contribution in [1.82, 2.24) is 16.1 Å². The average Bonchev–Trinajstić information content (AvgIpc) is 3.31. The molecule has 3 amide bonds. The SMILES string of the molecule is CC(C)CC[C@@H]1CN[C@H](C(=O)N[C@@H](C)C(=O)NN2C(=O)C(C)c3ccccc3-c3ccccc32)C1. The van der Waals surface area contributed by atoms with E-state index in [4.69, 9.17) is 0 Å². The predicted octanol–water partition coefficient (Wildman–Crippen LogP) is 3.75. The monoisotopic (exact) mass is 476 g/mol. The second-order valence-corrected chi connectivity index (χ2v) is 10.2. The first-order valence-corrected chi connectivity index (χ1v) is 12.6. The summed E-state index contributed by atoms with van der Waals surface area (Å²) in [7, 11) is 0. The van der Waals surface area contributed by atoms with Crippen LogP contribution >= 0.6 is 0 Å². The number of fused-ring (bicyclic) bond motifs is 3. The third-order valence-corrected chi connectivity index (χ3v) is 7.12. The molecule has 0 aromatic heterocycles. The zero-order valence-electron chi connectivity index (χ0n) is 21.0. The van der Waals surface area contributed by atoms with Crippen molar-refractivity contribution in [3.8, 4) is 11.1 Å². The van der Waals surface area contributed by atoms with Gasteiger partial charge in [-0.05, 0) is 62.3 Å². The lowest BCUT2D eigenvalue weighted by Gasteiger charge is -2.27. The minimum atomic E-state index is -0.792. The fourth-order valence-corrected chi connectivity index (χ4v) is 4.96. The van der Waals surface area contributed by atoms with Crippen LogP contribution in [0.25, 0.3) is 11.1 Å². The number of anilines is 1. The van der Waals surface area contributed by atoms with E-state index in [0.29, 0.717) is 17.5 Å². The van der Waals surface area contributed by atoms with E-state index < -0.39 is 17.9 Å². The zero-order valence-corrected chi connectivity index (χ0v) is 21.0. The summed E-state index contributed by atoms with van der Waals surface area (Å²) < 4.78 is 0. The van der Waals surface area contributed by atoms with Gasteiger partial charge in [-0.3, -0.25) is 19.8 Å². The van der Waals surface area contributed by atoms with E-state index in [-0.39, 0.29) is 17.9 Å². The highest BCUT2D eigenvalue weighted by Gasteiger charge is 2.34. The van der Waals surface area contributed by atoms with Gasteiger partial charge in [-0.15, -0.1) is 0 Å². The Morgan fingerprint density at radius 3 is 2.49 bits per heavy atom. The van der Waals surface area contributed by atoms with Gasteiger partial charge in [0.05, 0.1) is 17.6 Å². The summed E-state index contributed by atoms with van der Waals surface area (Å²) in [5, 5.41) is 7.45. The highest BCUT2D eigenvalue weighted by Crippen LogP contribution is 2.39. The van der Waals surface area contributed by atoms with E-state index in [2.05, 4.69) is 29.9 Å². The smallest absolute Gasteiger partial charge is 0.261 e. The van der Waals surface area contributed by atoms with Crippen LogP contribution in [-0.4, -0.2) is 36.3 Å². The Labute approximate surface area is 207 Å². The molecule has 4 atom stereocenters. The highest BCUT2D eigenvalue weighted by molar-refractivity contribution is 6.06. The Balaban J connectivity index is 1.44. The fraction of sp³-hybridized carbons (Fsp3) is 0.464. The van der Waals surface area contributed by atoms with Crippen LogP contribution in [-0.2, 0) is 14.4 Å². The zero-order chi connectivity index (χ0) is 25.1. The molecule has 1 unspecified atom stereocenters. The van der Waals surface area contributed by atoms with Crippen LogP contribution in [0.5, 0.6) is 0 Å². The van der Waals surface area contributed by atoms with Crippen molar-refractivity contribution in [2.45, 2.75) is 65.0 Å². The molecule has 2 aliphatic heterocycles. The normalized spacial score (nSPS) is 22.3. The van der Waals surface area contributed by atoms with Crippen molar-refractivity contribution >= 4 is 23.4 Å². The third-order valence-electron chi connectivity index (χ3n) is 7.12. The van der Waals surface area contributed by atoms with Gasteiger partial charge >= 0.3 is 0 Å². The minimum Gasteiger partial charge on any atom is -0.343 e. The lowest BCUT2D eigenvalue weighted by atomic mass is 9.92. The molecule has 1 saturated heterocycles. The Hall–Kier alpha value is -3.19. The molecule has 1 fully saturated rings. The summed E-state index contributed by atoms with van der Waals surface area (Å²) in [5.41, 5.74) is 6.16. The maximum absolute atomic E-state index is 13.4. The molecule has 2 aromatic rings. The van der Waals surface area contributed by atoms with Crippen LogP contribution in [0.2, 0.25) is 0 Å². The standard InChI is InChI=1S/C28H36N4O3/c1-17(2)13-14-20-15-24(29-16-20)27(34)30-19(4)26(33)31-32-25-12-8-7-11-23(25)22-10-6-5-9-21(22)18(3)28(32)35/h5-12,17-20,24,29H,13-16H2,1-4H3,(H,30,34)(H,31,33)/t18?,19-,20-,24-/m0/s1. The van der Waals surface area contributed by atoms with E-state index in [0.717, 1.165) is 42.5 Å². The number of nitrogens with one attached hydrogen (secondary N) is 3. The van der Waals surface area contributed by atoms with Crippen LogP contribution in [0.15, 0.2) is 48.5 Å². The van der Waals surface area contributed by atoms with Crippen molar-refractivity contribution in [3.05, 3.63) is 54.1 Å². The number of rotatable bonds is 7. The highest BCUT2D eigenvalue weighted by atomic mass is 16.2. The summed E-state index contributed by atoms with van der Waals surface area (Å²) in [5.74, 6) is -0.147. The van der Waals surface area contributed by atoms with Gasteiger partial charge in [0.25, 0.3) is 11.8 Å². The average molecular weight is 477 g/mol. The van der Waals surface area contributed by atoms with Crippen molar-refractivity contribution in [1.29, 1.82) is 0 Å². The molecule has 0 saturated carbocycles. The molecule has 35 heavy (non-hydrogen) atoms. The molecule has 186 valence electrons. The number of amides is 3. The van der Waals surface area contributed by atoms with Gasteiger partial charge in [-0.2, -0.15) is 0 Å². The molecular formula is C28H36N4O3. The first-order chi connectivity index (χ1) is 16.8. The molecule has 2 heterocycles. The first kappa shape index (κ1) is 24.9. The number of hydrogen-bond donors (Lipinski definition) is 3. The first-order valence-electron chi connectivity index (χ1n) is 12.6. The number of para-hydroxylation sites is 1. The van der Waals surface area contributed by atoms with Crippen LogP contribution in [0.3, 0.4) is 0 Å². The summed E-state index contributed by atoms with van der Waals surface area (Å²) in [6.45, 7) is 8.73. The molecule has 4 rings (SSSR count). The molecule has 0 aliphatic carbocycles. The molecule has 0 bridgehead atoms. The second kappa shape index (κ2) is 10.6. The maximum atomic E-state index is 13.4. The van der Waals surface area contributed by atoms with E-state index in [1.165, 1.54) is 5.01 Å². The number of benzene rings is 2. The Kier molecular flexibility index (Phi) is 7.55. The van der Waals surface area contributed by atoms with Gasteiger partial charge in [0, 0.05) is 5.56 Å². The van der Waals surface area contributed by atoms with Crippen LogP contribution in [0.1, 0.15) is 58.4 Å². The molecule has 2 aliphatic rings.